The van der Waals surface area contributed by atoms with Gasteiger partial charge in [0.05, 0.1) is 0 Å². The Hall–Kier alpha value is -0.860. The van der Waals surface area contributed by atoms with Gasteiger partial charge in [0.1, 0.15) is 0 Å². The summed E-state index contributed by atoms with van der Waals surface area (Å²) in [6, 6.07) is 0. The summed E-state index contributed by atoms with van der Waals surface area (Å²) in [6.45, 7) is 7.78. The van der Waals surface area contributed by atoms with Crippen molar-refractivity contribution in [2.75, 3.05) is 13.1 Å². The Kier molecular flexibility index (Phi) is 2.59. The van der Waals surface area contributed by atoms with Crippen molar-refractivity contribution in [3.05, 3.63) is 11.6 Å². The number of nitrogens with zero attached hydrogens (tertiary/aromatic N) is 1. The Morgan fingerprint density at radius 2 is 2.06 bits per heavy atom. The summed E-state index contributed by atoms with van der Waals surface area (Å²) >= 11 is 0. The smallest absolute Gasteiger partial charge is 0.260 e. The fourth-order valence-electron chi connectivity index (χ4n) is 2.14. The molecule has 0 unspecified atom stereocenters. The molecule has 0 bridgehead atoms. The molecule has 0 aromatic rings. The highest BCUT2D eigenvalue weighted by atomic mass is 19.1. The summed E-state index contributed by atoms with van der Waals surface area (Å²) in [7, 11) is 0. The van der Waals surface area contributed by atoms with Crippen LogP contribution in [0.5, 0.6) is 0 Å². The number of hydrogen-bond donors (Lipinski definition) is 0. The minimum Gasteiger partial charge on any atom is -0.336 e. The van der Waals surface area contributed by atoms with Gasteiger partial charge in [-0.25, -0.2) is 4.39 Å². The van der Waals surface area contributed by atoms with E-state index in [0.717, 1.165) is 6.42 Å². The lowest BCUT2D eigenvalue weighted by atomic mass is 9.83. The van der Waals surface area contributed by atoms with E-state index in [1.54, 1.807) is 4.90 Å². The maximum atomic E-state index is 13.6. The lowest BCUT2D eigenvalue weighted by Crippen LogP contribution is -2.41. The maximum absolute atomic E-state index is 13.6. The molecule has 1 amide bonds. The molecular formula is C13H20FNO. The lowest BCUT2D eigenvalue weighted by molar-refractivity contribution is -0.137. The molecule has 2 aliphatic rings. The Morgan fingerprint density at radius 3 is 2.44 bits per heavy atom. The van der Waals surface area contributed by atoms with E-state index in [2.05, 4.69) is 26.8 Å². The first-order valence-corrected chi connectivity index (χ1v) is 6.01. The van der Waals surface area contributed by atoms with Crippen LogP contribution in [0, 0.1) is 5.41 Å². The van der Waals surface area contributed by atoms with Gasteiger partial charge in [0.25, 0.3) is 5.91 Å². The monoisotopic (exact) mass is 225 g/mol. The Bertz CT molecular complexity index is 336. The van der Waals surface area contributed by atoms with Crippen LogP contribution in [0.1, 0.15) is 40.0 Å². The van der Waals surface area contributed by atoms with Crippen LogP contribution >= 0.6 is 0 Å². The number of carbonyl (C=O) groups is 1. The average molecular weight is 225 g/mol. The number of carbonyl (C=O) groups excluding carboxylic acids is 1. The van der Waals surface area contributed by atoms with E-state index in [-0.39, 0.29) is 11.3 Å². The molecular weight excluding hydrogens is 205 g/mol. The van der Waals surface area contributed by atoms with Crippen molar-refractivity contribution < 1.29 is 9.18 Å². The van der Waals surface area contributed by atoms with Crippen molar-refractivity contribution in [1.82, 2.24) is 4.90 Å². The van der Waals surface area contributed by atoms with E-state index < -0.39 is 5.67 Å². The van der Waals surface area contributed by atoms with Crippen LogP contribution in [-0.2, 0) is 4.79 Å². The summed E-state index contributed by atoms with van der Waals surface area (Å²) < 4.78 is 13.6. The van der Waals surface area contributed by atoms with Crippen molar-refractivity contribution in [2.45, 2.75) is 45.7 Å². The molecule has 0 aromatic heterocycles. The predicted octanol–water partition coefficient (Wildman–Crippen LogP) is 2.69. The fraction of sp³-hybridized carbons (Fsp3) is 0.769. The van der Waals surface area contributed by atoms with Gasteiger partial charge in [-0.3, -0.25) is 4.79 Å². The fourth-order valence-corrected chi connectivity index (χ4v) is 2.14. The molecule has 90 valence electrons. The molecule has 3 heteroatoms. The van der Waals surface area contributed by atoms with Gasteiger partial charge in [0, 0.05) is 13.1 Å². The van der Waals surface area contributed by atoms with Crippen molar-refractivity contribution in [3.63, 3.8) is 0 Å². The highest BCUT2D eigenvalue weighted by Crippen LogP contribution is 2.42. The summed E-state index contributed by atoms with van der Waals surface area (Å²) in [5.41, 5.74) is 0.0371. The first-order chi connectivity index (χ1) is 7.33. The average Bonchev–Trinajstić information content (AvgIpc) is 2.96. The molecule has 0 atom stereocenters. The molecule has 1 aliphatic heterocycles. The van der Waals surface area contributed by atoms with Crippen LogP contribution in [0.4, 0.5) is 4.39 Å². The van der Waals surface area contributed by atoms with Gasteiger partial charge in [0.2, 0.25) is 0 Å². The third kappa shape index (κ3) is 2.13. The minimum atomic E-state index is -1.51. The number of hydrogen-bond acceptors (Lipinski definition) is 1. The molecule has 2 nitrogen and oxygen atoms in total. The highest BCUT2D eigenvalue weighted by molar-refractivity contribution is 5.88. The van der Waals surface area contributed by atoms with Crippen molar-refractivity contribution in [2.24, 2.45) is 5.41 Å². The molecule has 0 spiro atoms. The van der Waals surface area contributed by atoms with Gasteiger partial charge in [-0.05, 0) is 24.7 Å². The summed E-state index contributed by atoms with van der Waals surface area (Å²) in [5, 5.41) is 0. The van der Waals surface area contributed by atoms with E-state index in [4.69, 9.17) is 0 Å². The van der Waals surface area contributed by atoms with Crippen molar-refractivity contribution in [1.29, 1.82) is 0 Å². The first kappa shape index (κ1) is 11.6. The van der Waals surface area contributed by atoms with Crippen molar-refractivity contribution >= 4 is 5.91 Å². The van der Waals surface area contributed by atoms with Crippen LogP contribution in [0.3, 0.4) is 0 Å². The molecule has 1 saturated carbocycles. The normalized spacial score (nSPS) is 24.0. The van der Waals surface area contributed by atoms with Crippen molar-refractivity contribution in [3.8, 4) is 0 Å². The molecule has 1 aliphatic carbocycles. The SMILES string of the molecule is CC(C)(C)C1=CCN(C(=O)C2(F)CC2)CC1. The van der Waals surface area contributed by atoms with E-state index in [0.29, 0.717) is 25.9 Å². The van der Waals surface area contributed by atoms with Gasteiger partial charge >= 0.3 is 0 Å². The Balaban J connectivity index is 1.99. The number of halogens is 1. The standard InChI is InChI=1S/C13H20FNO/c1-12(2,3)10-4-8-15(9-5-10)11(16)13(14)6-7-13/h4H,5-9H2,1-3H3. The maximum Gasteiger partial charge on any atom is 0.260 e. The van der Waals surface area contributed by atoms with Crippen LogP contribution in [0.25, 0.3) is 0 Å². The predicted molar refractivity (Wildman–Crippen MR) is 61.8 cm³/mol. The number of rotatable bonds is 1. The number of amides is 1. The molecule has 0 saturated heterocycles. The van der Waals surface area contributed by atoms with E-state index >= 15 is 0 Å². The van der Waals surface area contributed by atoms with E-state index in [9.17, 15) is 9.18 Å². The number of alkyl halides is 1. The largest absolute Gasteiger partial charge is 0.336 e. The second-order valence-electron chi connectivity index (χ2n) is 5.95. The third-order valence-corrected chi connectivity index (χ3v) is 3.53. The highest BCUT2D eigenvalue weighted by Gasteiger charge is 2.52. The molecule has 2 rings (SSSR count). The second kappa shape index (κ2) is 3.57. The zero-order valence-corrected chi connectivity index (χ0v) is 10.3. The Morgan fingerprint density at radius 1 is 1.44 bits per heavy atom. The molecule has 0 N–H and O–H groups in total. The van der Waals surface area contributed by atoms with Gasteiger partial charge < -0.3 is 4.90 Å². The molecule has 1 heterocycles. The van der Waals surface area contributed by atoms with Gasteiger partial charge in [-0.2, -0.15) is 0 Å². The molecule has 0 radical (unpaired) electrons. The summed E-state index contributed by atoms with van der Waals surface area (Å²) in [6.07, 6.45) is 3.80. The van der Waals surface area contributed by atoms with E-state index in [1.807, 2.05) is 0 Å². The zero-order valence-electron chi connectivity index (χ0n) is 10.3. The van der Waals surface area contributed by atoms with Gasteiger partial charge in [-0.15, -0.1) is 0 Å². The lowest BCUT2D eigenvalue weighted by Gasteiger charge is -2.32. The van der Waals surface area contributed by atoms with Crippen LogP contribution < -0.4 is 0 Å². The minimum absolute atomic E-state index is 0.169. The van der Waals surface area contributed by atoms with Crippen LogP contribution in [-0.4, -0.2) is 29.6 Å². The van der Waals surface area contributed by atoms with E-state index in [1.165, 1.54) is 5.57 Å². The first-order valence-electron chi connectivity index (χ1n) is 6.01. The quantitative estimate of drug-likeness (QED) is 0.628. The summed E-state index contributed by atoms with van der Waals surface area (Å²) in [4.78, 5) is 13.4. The third-order valence-electron chi connectivity index (χ3n) is 3.53. The molecule has 0 aromatic carbocycles. The van der Waals surface area contributed by atoms with Crippen LogP contribution in [0.15, 0.2) is 11.6 Å². The topological polar surface area (TPSA) is 20.3 Å². The second-order valence-corrected chi connectivity index (χ2v) is 5.95. The van der Waals surface area contributed by atoms with Crippen LogP contribution in [0.2, 0.25) is 0 Å². The Labute approximate surface area is 96.5 Å². The zero-order chi connectivity index (χ0) is 12.0. The summed E-state index contributed by atoms with van der Waals surface area (Å²) in [5.74, 6) is -0.295. The molecule has 16 heavy (non-hydrogen) atoms. The van der Waals surface area contributed by atoms with Gasteiger partial charge in [0.15, 0.2) is 5.67 Å². The van der Waals surface area contributed by atoms with Gasteiger partial charge in [-0.1, -0.05) is 32.4 Å². The molecule has 1 fully saturated rings.